The van der Waals surface area contributed by atoms with Crippen molar-refractivity contribution in [3.63, 3.8) is 0 Å². The predicted molar refractivity (Wildman–Crippen MR) is 118 cm³/mol. The largest absolute Gasteiger partial charge is 0.358 e. The van der Waals surface area contributed by atoms with E-state index in [9.17, 15) is 14.9 Å². The van der Waals surface area contributed by atoms with Crippen LogP contribution in [0.1, 0.15) is 43.7 Å². The molecule has 1 heterocycles. The first kappa shape index (κ1) is 18.6. The van der Waals surface area contributed by atoms with Gasteiger partial charge >= 0.3 is 0 Å². The van der Waals surface area contributed by atoms with Gasteiger partial charge in [0.2, 0.25) is 0 Å². The minimum absolute atomic E-state index is 0.0525. The first-order valence-electron chi connectivity index (χ1n) is 10.1. The number of benzene rings is 3. The molecule has 2 aliphatic rings. The van der Waals surface area contributed by atoms with Gasteiger partial charge in [0, 0.05) is 41.1 Å². The first-order valence-corrected chi connectivity index (χ1v) is 10.1. The standard InChI is InChI=1S/C25H22N2O3/c1-25(2)13-20-23(21(28)14-25)22(16-7-10-17(11-8-16)27(29)30)19-12-9-15-5-3-4-6-18(15)24(19)26-20/h3-12,22,26H,13-14H2,1-2H3/t22-/m0/s1. The summed E-state index contributed by atoms with van der Waals surface area (Å²) in [7, 11) is 0. The third-order valence-corrected chi connectivity index (χ3v) is 6.19. The van der Waals surface area contributed by atoms with Crippen LogP contribution in [0.4, 0.5) is 11.4 Å². The molecule has 5 nitrogen and oxygen atoms in total. The van der Waals surface area contributed by atoms with E-state index in [2.05, 4.69) is 43.4 Å². The zero-order valence-electron chi connectivity index (χ0n) is 16.9. The molecular formula is C25H22N2O3. The molecule has 0 saturated carbocycles. The van der Waals surface area contributed by atoms with E-state index in [-0.39, 0.29) is 22.8 Å². The molecule has 0 amide bonds. The Balaban J connectivity index is 1.75. The summed E-state index contributed by atoms with van der Waals surface area (Å²) in [6.45, 7) is 4.24. The summed E-state index contributed by atoms with van der Waals surface area (Å²) in [6, 6.07) is 19.0. The molecule has 0 bridgehead atoms. The van der Waals surface area contributed by atoms with Gasteiger partial charge in [0.25, 0.3) is 5.69 Å². The van der Waals surface area contributed by atoms with Gasteiger partial charge in [-0.3, -0.25) is 14.9 Å². The molecule has 5 rings (SSSR count). The number of carbonyl (C=O) groups excluding carboxylic acids is 1. The van der Waals surface area contributed by atoms with Gasteiger partial charge in [0.15, 0.2) is 5.78 Å². The van der Waals surface area contributed by atoms with Crippen LogP contribution < -0.4 is 5.32 Å². The maximum absolute atomic E-state index is 13.3. The van der Waals surface area contributed by atoms with Crippen molar-refractivity contribution >= 4 is 27.9 Å². The number of Topliss-reactive ketones (excluding diaryl/α,β-unsaturated/α-hetero) is 1. The van der Waals surface area contributed by atoms with E-state index in [1.807, 2.05) is 12.1 Å². The van der Waals surface area contributed by atoms with Crippen LogP contribution >= 0.6 is 0 Å². The fourth-order valence-electron chi connectivity index (χ4n) is 4.89. The second kappa shape index (κ2) is 6.52. The van der Waals surface area contributed by atoms with Crippen molar-refractivity contribution in [1.82, 2.24) is 0 Å². The number of hydrogen-bond acceptors (Lipinski definition) is 4. The summed E-state index contributed by atoms with van der Waals surface area (Å²) in [4.78, 5) is 24.0. The van der Waals surface area contributed by atoms with Crippen LogP contribution in [0.5, 0.6) is 0 Å². The third-order valence-electron chi connectivity index (χ3n) is 6.19. The summed E-state index contributed by atoms with van der Waals surface area (Å²) in [5.74, 6) is -0.0822. The maximum atomic E-state index is 13.3. The van der Waals surface area contributed by atoms with E-state index >= 15 is 0 Å². The van der Waals surface area contributed by atoms with Gasteiger partial charge in [-0.1, -0.05) is 62.4 Å². The summed E-state index contributed by atoms with van der Waals surface area (Å²) in [5, 5.41) is 17.0. The van der Waals surface area contributed by atoms with E-state index in [1.165, 1.54) is 12.1 Å². The number of hydrogen-bond donors (Lipinski definition) is 1. The molecule has 0 unspecified atom stereocenters. The average molecular weight is 398 g/mol. The first-order chi connectivity index (χ1) is 14.3. The number of carbonyl (C=O) groups is 1. The van der Waals surface area contributed by atoms with Crippen molar-refractivity contribution in [2.24, 2.45) is 5.41 Å². The number of non-ortho nitro benzene ring substituents is 1. The minimum Gasteiger partial charge on any atom is -0.358 e. The highest BCUT2D eigenvalue weighted by molar-refractivity contribution is 6.05. The fourth-order valence-corrected chi connectivity index (χ4v) is 4.89. The topological polar surface area (TPSA) is 72.2 Å². The lowest BCUT2D eigenvalue weighted by Gasteiger charge is -2.40. The lowest BCUT2D eigenvalue weighted by atomic mass is 9.68. The van der Waals surface area contributed by atoms with Crippen LogP contribution in [-0.4, -0.2) is 10.7 Å². The Hall–Kier alpha value is -3.47. The normalized spacial score (nSPS) is 19.8. The number of allylic oxidation sites excluding steroid dienone is 2. The molecule has 5 heteroatoms. The monoisotopic (exact) mass is 398 g/mol. The van der Waals surface area contributed by atoms with Gasteiger partial charge in [-0.05, 0) is 28.3 Å². The molecule has 3 aromatic rings. The average Bonchev–Trinajstić information content (AvgIpc) is 2.71. The highest BCUT2D eigenvalue weighted by atomic mass is 16.6. The van der Waals surface area contributed by atoms with Crippen molar-refractivity contribution in [3.8, 4) is 0 Å². The van der Waals surface area contributed by atoms with Crippen LogP contribution in [0.3, 0.4) is 0 Å². The van der Waals surface area contributed by atoms with Gasteiger partial charge in [-0.25, -0.2) is 0 Å². The quantitative estimate of drug-likeness (QED) is 0.428. The lowest BCUT2D eigenvalue weighted by Crippen LogP contribution is -2.33. The van der Waals surface area contributed by atoms with Gasteiger partial charge in [-0.2, -0.15) is 0 Å². The molecular weight excluding hydrogens is 376 g/mol. The third kappa shape index (κ3) is 2.89. The van der Waals surface area contributed by atoms with Crippen molar-refractivity contribution in [3.05, 3.63) is 93.2 Å². The Morgan fingerprint density at radius 1 is 1.00 bits per heavy atom. The minimum atomic E-state index is -0.396. The molecule has 30 heavy (non-hydrogen) atoms. The number of fused-ring (bicyclic) bond motifs is 3. The Kier molecular flexibility index (Phi) is 4.03. The van der Waals surface area contributed by atoms with Crippen molar-refractivity contribution in [1.29, 1.82) is 0 Å². The number of nitro groups is 1. The SMILES string of the molecule is CC1(C)CC(=O)C2=C(C1)Nc1c(ccc3ccccc13)[C@@H]2c1ccc([N+](=O)[O-])cc1. The number of nitrogens with one attached hydrogen (secondary N) is 1. The number of anilines is 1. The second-order valence-corrected chi connectivity index (χ2v) is 8.99. The summed E-state index contributed by atoms with van der Waals surface area (Å²) in [6.07, 6.45) is 1.29. The second-order valence-electron chi connectivity index (χ2n) is 8.99. The molecule has 1 atom stereocenters. The number of rotatable bonds is 2. The number of ketones is 1. The molecule has 0 spiro atoms. The summed E-state index contributed by atoms with van der Waals surface area (Å²) < 4.78 is 0. The predicted octanol–water partition coefficient (Wildman–Crippen LogP) is 5.95. The van der Waals surface area contributed by atoms with Gasteiger partial charge < -0.3 is 5.32 Å². The van der Waals surface area contributed by atoms with Crippen molar-refractivity contribution in [2.45, 2.75) is 32.6 Å². The highest BCUT2D eigenvalue weighted by Gasteiger charge is 2.41. The zero-order valence-corrected chi connectivity index (χ0v) is 16.9. The van der Waals surface area contributed by atoms with Crippen molar-refractivity contribution in [2.75, 3.05) is 5.32 Å². The fraction of sp³-hybridized carbons (Fsp3) is 0.240. The smallest absolute Gasteiger partial charge is 0.269 e. The Morgan fingerprint density at radius 2 is 1.73 bits per heavy atom. The van der Waals surface area contributed by atoms with Crippen LogP contribution in [0.2, 0.25) is 0 Å². The molecule has 3 aromatic carbocycles. The van der Waals surface area contributed by atoms with Gasteiger partial charge in [0.1, 0.15) is 0 Å². The van der Waals surface area contributed by atoms with E-state index in [0.29, 0.717) is 6.42 Å². The van der Waals surface area contributed by atoms with Crippen LogP contribution in [-0.2, 0) is 4.79 Å². The van der Waals surface area contributed by atoms with Crippen LogP contribution in [0.15, 0.2) is 71.9 Å². The zero-order chi connectivity index (χ0) is 21.0. The molecule has 150 valence electrons. The lowest BCUT2D eigenvalue weighted by molar-refractivity contribution is -0.384. The molecule has 0 fully saturated rings. The van der Waals surface area contributed by atoms with Crippen molar-refractivity contribution < 1.29 is 9.72 Å². The summed E-state index contributed by atoms with van der Waals surface area (Å²) >= 11 is 0. The molecule has 1 aliphatic heterocycles. The molecule has 0 radical (unpaired) electrons. The van der Waals surface area contributed by atoms with E-state index in [0.717, 1.165) is 45.3 Å². The molecule has 0 aromatic heterocycles. The highest BCUT2D eigenvalue weighted by Crippen LogP contribution is 2.50. The Labute approximate surface area is 174 Å². The molecule has 1 aliphatic carbocycles. The van der Waals surface area contributed by atoms with Crippen LogP contribution in [0.25, 0.3) is 10.8 Å². The Bertz CT molecular complexity index is 1240. The van der Waals surface area contributed by atoms with E-state index < -0.39 is 4.92 Å². The van der Waals surface area contributed by atoms with E-state index in [1.54, 1.807) is 12.1 Å². The van der Waals surface area contributed by atoms with Gasteiger partial charge in [-0.15, -0.1) is 0 Å². The Morgan fingerprint density at radius 3 is 2.47 bits per heavy atom. The molecule has 0 saturated heterocycles. The number of nitrogens with zero attached hydrogens (tertiary/aromatic N) is 1. The van der Waals surface area contributed by atoms with Crippen LogP contribution in [0, 0.1) is 15.5 Å². The number of nitro benzene ring substituents is 1. The van der Waals surface area contributed by atoms with E-state index in [4.69, 9.17) is 0 Å². The summed E-state index contributed by atoms with van der Waals surface area (Å²) in [5.41, 5.74) is 4.69. The maximum Gasteiger partial charge on any atom is 0.269 e. The molecule has 1 N–H and O–H groups in total. The van der Waals surface area contributed by atoms with Gasteiger partial charge in [0.05, 0.1) is 10.6 Å².